The Bertz CT molecular complexity index is 429. The summed E-state index contributed by atoms with van der Waals surface area (Å²) in [4.78, 5) is 0. The average molecular weight is 240 g/mol. The molecule has 1 aromatic rings. The lowest BCUT2D eigenvalue weighted by Gasteiger charge is -2.22. The second-order valence-corrected chi connectivity index (χ2v) is 4.13. The van der Waals surface area contributed by atoms with Crippen LogP contribution in [0.3, 0.4) is 0 Å². The van der Waals surface area contributed by atoms with Gasteiger partial charge in [-0.1, -0.05) is 6.92 Å². The minimum absolute atomic E-state index is 0.0310. The summed E-state index contributed by atoms with van der Waals surface area (Å²) in [6, 6.07) is 3.56. The number of hydrogen-bond acceptors (Lipinski definition) is 3. The fourth-order valence-corrected chi connectivity index (χ4v) is 1.21. The number of aliphatic hydroxyl groups is 1. The summed E-state index contributed by atoms with van der Waals surface area (Å²) in [5, 5.41) is 20.8. The zero-order valence-corrected chi connectivity index (χ0v) is 9.72. The van der Waals surface area contributed by atoms with Gasteiger partial charge in [0.15, 0.2) is 11.6 Å². The van der Waals surface area contributed by atoms with Gasteiger partial charge in [-0.25, -0.2) is 8.78 Å². The van der Waals surface area contributed by atoms with Crippen molar-refractivity contribution in [2.75, 3.05) is 11.9 Å². The molecule has 0 radical (unpaired) electrons. The predicted molar refractivity (Wildman–Crippen MR) is 60.5 cm³/mol. The molecule has 0 spiro atoms. The van der Waals surface area contributed by atoms with Gasteiger partial charge in [-0.2, -0.15) is 5.26 Å². The molecule has 1 unspecified atom stereocenters. The zero-order valence-electron chi connectivity index (χ0n) is 9.72. The normalized spacial score (nSPS) is 13.9. The smallest absolute Gasteiger partial charge is 0.150 e. The Hall–Kier alpha value is -1.67. The highest BCUT2D eigenvalue weighted by Gasteiger charge is 2.19. The molecule has 0 aliphatic heterocycles. The van der Waals surface area contributed by atoms with Gasteiger partial charge in [0.2, 0.25) is 0 Å². The van der Waals surface area contributed by atoms with Gasteiger partial charge in [0.05, 0.1) is 17.2 Å². The van der Waals surface area contributed by atoms with E-state index in [2.05, 4.69) is 5.32 Å². The van der Waals surface area contributed by atoms with Crippen molar-refractivity contribution >= 4 is 5.69 Å². The maximum absolute atomic E-state index is 13.4. The van der Waals surface area contributed by atoms with E-state index in [1.807, 2.05) is 0 Å². The number of anilines is 1. The largest absolute Gasteiger partial charge is 0.388 e. The first kappa shape index (κ1) is 13.4. The van der Waals surface area contributed by atoms with Gasteiger partial charge < -0.3 is 10.4 Å². The summed E-state index contributed by atoms with van der Waals surface area (Å²) in [6.45, 7) is 3.37. The molecular weight excluding hydrogens is 226 g/mol. The minimum atomic E-state index is -1.03. The van der Waals surface area contributed by atoms with Crippen molar-refractivity contribution < 1.29 is 13.9 Å². The van der Waals surface area contributed by atoms with E-state index in [9.17, 15) is 13.9 Å². The zero-order chi connectivity index (χ0) is 13.1. The molecule has 5 heteroatoms. The van der Waals surface area contributed by atoms with E-state index in [4.69, 9.17) is 5.26 Å². The van der Waals surface area contributed by atoms with Crippen LogP contribution in [-0.4, -0.2) is 17.3 Å². The topological polar surface area (TPSA) is 56.0 Å². The monoisotopic (exact) mass is 240 g/mol. The molecule has 0 aliphatic rings. The van der Waals surface area contributed by atoms with Crippen molar-refractivity contribution in [1.29, 1.82) is 5.26 Å². The van der Waals surface area contributed by atoms with Gasteiger partial charge in [-0.05, 0) is 25.5 Å². The third kappa shape index (κ3) is 3.40. The second-order valence-electron chi connectivity index (χ2n) is 4.13. The number of halogens is 2. The summed E-state index contributed by atoms with van der Waals surface area (Å²) < 4.78 is 26.9. The van der Waals surface area contributed by atoms with Crippen LogP contribution in [0.4, 0.5) is 14.5 Å². The number of benzene rings is 1. The van der Waals surface area contributed by atoms with Gasteiger partial charge in [-0.15, -0.1) is 0 Å². The predicted octanol–water partition coefficient (Wildman–Crippen LogP) is 2.41. The number of hydrogen-bond donors (Lipinski definition) is 2. The molecule has 1 rings (SSSR count). The highest BCUT2D eigenvalue weighted by Crippen LogP contribution is 2.21. The van der Waals surface area contributed by atoms with Crippen LogP contribution in [0.2, 0.25) is 0 Å². The van der Waals surface area contributed by atoms with Crippen molar-refractivity contribution in [1.82, 2.24) is 0 Å². The summed E-state index contributed by atoms with van der Waals surface area (Å²) >= 11 is 0. The molecule has 0 aromatic heterocycles. The molecule has 92 valence electrons. The Balaban J connectivity index is 2.90. The number of rotatable bonds is 4. The summed E-state index contributed by atoms with van der Waals surface area (Å²) in [5.41, 5.74) is -1.43. The standard InChI is InChI=1S/C12H14F2N2O/c1-3-12(2,17)7-16-11-9(13)4-8(6-15)5-10(11)14/h4-5,16-17H,3,7H2,1-2H3. The first-order valence-corrected chi connectivity index (χ1v) is 5.25. The summed E-state index contributed by atoms with van der Waals surface area (Å²) in [5.74, 6) is -1.68. The molecule has 0 fully saturated rings. The lowest BCUT2D eigenvalue weighted by Crippen LogP contribution is -2.32. The number of nitrogens with one attached hydrogen (secondary N) is 1. The van der Waals surface area contributed by atoms with Crippen LogP contribution in [-0.2, 0) is 0 Å². The Kier molecular flexibility index (Phi) is 4.02. The lowest BCUT2D eigenvalue weighted by molar-refractivity contribution is 0.0696. The van der Waals surface area contributed by atoms with E-state index in [1.165, 1.54) is 0 Å². The number of nitrogens with zero attached hydrogens (tertiary/aromatic N) is 1. The molecule has 0 saturated carbocycles. The van der Waals surface area contributed by atoms with Gasteiger partial charge in [0.25, 0.3) is 0 Å². The van der Waals surface area contributed by atoms with Crippen LogP contribution >= 0.6 is 0 Å². The molecule has 1 atom stereocenters. The maximum Gasteiger partial charge on any atom is 0.150 e. The number of nitriles is 1. The third-order valence-corrected chi connectivity index (χ3v) is 2.58. The fourth-order valence-electron chi connectivity index (χ4n) is 1.21. The van der Waals surface area contributed by atoms with Crippen LogP contribution in [0.15, 0.2) is 12.1 Å². The fraction of sp³-hybridized carbons (Fsp3) is 0.417. The Morgan fingerprint density at radius 2 is 1.94 bits per heavy atom. The van der Waals surface area contributed by atoms with Crippen LogP contribution in [0.25, 0.3) is 0 Å². The summed E-state index contributed by atoms with van der Waals surface area (Å²) in [7, 11) is 0. The summed E-state index contributed by atoms with van der Waals surface area (Å²) in [6.07, 6.45) is 0.458. The molecule has 0 heterocycles. The molecular formula is C12H14F2N2O. The maximum atomic E-state index is 13.4. The van der Waals surface area contributed by atoms with Gasteiger partial charge in [0, 0.05) is 6.54 Å². The third-order valence-electron chi connectivity index (χ3n) is 2.58. The molecule has 0 aliphatic carbocycles. The van der Waals surface area contributed by atoms with Crippen molar-refractivity contribution in [2.24, 2.45) is 0 Å². The quantitative estimate of drug-likeness (QED) is 0.849. The van der Waals surface area contributed by atoms with Crippen molar-refractivity contribution in [3.63, 3.8) is 0 Å². The highest BCUT2D eigenvalue weighted by atomic mass is 19.1. The Morgan fingerprint density at radius 3 is 2.35 bits per heavy atom. The van der Waals surface area contributed by atoms with Crippen LogP contribution in [0.1, 0.15) is 25.8 Å². The van der Waals surface area contributed by atoms with Crippen molar-refractivity contribution in [3.8, 4) is 6.07 Å². The lowest BCUT2D eigenvalue weighted by atomic mass is 10.0. The second kappa shape index (κ2) is 5.11. The van der Waals surface area contributed by atoms with E-state index >= 15 is 0 Å². The molecule has 2 N–H and O–H groups in total. The molecule has 1 aromatic carbocycles. The van der Waals surface area contributed by atoms with Gasteiger partial charge >= 0.3 is 0 Å². The van der Waals surface area contributed by atoms with Gasteiger partial charge in [-0.3, -0.25) is 0 Å². The van der Waals surface area contributed by atoms with E-state index in [0.29, 0.717) is 6.42 Å². The molecule has 0 bridgehead atoms. The Morgan fingerprint density at radius 1 is 1.41 bits per heavy atom. The molecule has 0 saturated heterocycles. The van der Waals surface area contributed by atoms with Crippen LogP contribution in [0, 0.1) is 23.0 Å². The molecule has 0 amide bonds. The van der Waals surface area contributed by atoms with E-state index in [-0.39, 0.29) is 17.8 Å². The molecule has 3 nitrogen and oxygen atoms in total. The SMILES string of the molecule is CCC(C)(O)CNc1c(F)cc(C#N)cc1F. The van der Waals surface area contributed by atoms with Crippen LogP contribution in [0.5, 0.6) is 0 Å². The van der Waals surface area contributed by atoms with Gasteiger partial charge in [0.1, 0.15) is 5.69 Å². The first-order chi connectivity index (χ1) is 7.89. The van der Waals surface area contributed by atoms with E-state index < -0.39 is 17.2 Å². The average Bonchev–Trinajstić information content (AvgIpc) is 2.27. The van der Waals surface area contributed by atoms with Crippen molar-refractivity contribution in [3.05, 3.63) is 29.3 Å². The van der Waals surface area contributed by atoms with E-state index in [0.717, 1.165) is 12.1 Å². The first-order valence-electron chi connectivity index (χ1n) is 5.25. The van der Waals surface area contributed by atoms with Crippen LogP contribution < -0.4 is 5.32 Å². The molecule has 17 heavy (non-hydrogen) atoms. The van der Waals surface area contributed by atoms with Crippen molar-refractivity contribution in [2.45, 2.75) is 25.9 Å². The van der Waals surface area contributed by atoms with E-state index in [1.54, 1.807) is 19.9 Å². The minimum Gasteiger partial charge on any atom is -0.388 e. The Labute approximate surface area is 98.7 Å². The highest BCUT2D eigenvalue weighted by molar-refractivity contribution is 5.50.